The Labute approximate surface area is 137 Å². The van der Waals surface area contributed by atoms with Crippen molar-refractivity contribution in [1.82, 2.24) is 14.6 Å². The molecule has 7 heteroatoms. The van der Waals surface area contributed by atoms with E-state index in [1.807, 2.05) is 35.9 Å². The van der Waals surface area contributed by atoms with Crippen molar-refractivity contribution in [2.75, 3.05) is 20.2 Å². The molecule has 1 aromatic carbocycles. The van der Waals surface area contributed by atoms with Gasteiger partial charge in [-0.3, -0.25) is 4.40 Å². The zero-order valence-electron chi connectivity index (χ0n) is 13.0. The molecule has 2 heterocycles. The van der Waals surface area contributed by atoms with Crippen LogP contribution in [-0.4, -0.2) is 34.8 Å². The Morgan fingerprint density at radius 3 is 2.87 bits per heavy atom. The van der Waals surface area contributed by atoms with Gasteiger partial charge in [-0.25, -0.2) is 4.39 Å². The van der Waals surface area contributed by atoms with Gasteiger partial charge in [-0.1, -0.05) is 11.8 Å². The predicted molar refractivity (Wildman–Crippen MR) is 87.4 cm³/mol. The van der Waals surface area contributed by atoms with Gasteiger partial charge in [0.25, 0.3) is 0 Å². The number of thioether (sulfide) groups is 1. The number of benzene rings is 1. The van der Waals surface area contributed by atoms with Crippen LogP contribution in [0.3, 0.4) is 0 Å². The van der Waals surface area contributed by atoms with Gasteiger partial charge >= 0.3 is 0 Å². The first-order chi connectivity index (χ1) is 11.2. The number of halogens is 1. The van der Waals surface area contributed by atoms with Crippen molar-refractivity contribution in [3.63, 3.8) is 0 Å². The lowest BCUT2D eigenvalue weighted by Crippen LogP contribution is -2.05. The Morgan fingerprint density at radius 1 is 1.30 bits per heavy atom. The molecule has 3 aromatic rings. The molecule has 0 aliphatic heterocycles. The maximum absolute atomic E-state index is 14.6. The van der Waals surface area contributed by atoms with Gasteiger partial charge in [0.15, 0.2) is 11.9 Å². The molecule has 2 aromatic heterocycles. The van der Waals surface area contributed by atoms with Crippen LogP contribution in [0.2, 0.25) is 0 Å². The van der Waals surface area contributed by atoms with Crippen LogP contribution in [0.5, 0.6) is 5.75 Å². The Balaban J connectivity index is 2.24. The third-order valence-electron chi connectivity index (χ3n) is 3.38. The summed E-state index contributed by atoms with van der Waals surface area (Å²) in [6.45, 7) is 1.84. The second-order valence-corrected chi connectivity index (χ2v) is 5.74. The van der Waals surface area contributed by atoms with E-state index in [9.17, 15) is 4.39 Å². The topological polar surface area (TPSA) is 48.7 Å². The highest BCUT2D eigenvalue weighted by atomic mass is 32.2. The zero-order valence-corrected chi connectivity index (χ0v) is 13.9. The van der Waals surface area contributed by atoms with Crippen molar-refractivity contribution in [1.29, 1.82) is 0 Å². The number of aryl methyl sites for hydroxylation is 1. The molecule has 3 rings (SSSR count). The first-order valence-electron chi connectivity index (χ1n) is 6.95. The molecule has 0 saturated heterocycles. The highest BCUT2D eigenvalue weighted by Crippen LogP contribution is 2.35. The highest BCUT2D eigenvalue weighted by molar-refractivity contribution is 7.98. The summed E-state index contributed by atoms with van der Waals surface area (Å²) in [6, 6.07) is 6.98. The third kappa shape index (κ3) is 2.89. The van der Waals surface area contributed by atoms with Gasteiger partial charge in [0.2, 0.25) is 0 Å². The second-order valence-electron chi connectivity index (χ2n) is 4.97. The fraction of sp³-hybridized carbons (Fsp3) is 0.250. The lowest BCUT2D eigenvalue weighted by molar-refractivity contribution is 0.0513. The van der Waals surface area contributed by atoms with E-state index in [1.54, 1.807) is 6.07 Å². The largest absolute Gasteiger partial charge is 0.467 e. The van der Waals surface area contributed by atoms with E-state index in [-0.39, 0.29) is 12.4 Å². The molecular formula is C16H16FN3O2S. The molecule has 0 bridgehead atoms. The SMILES string of the molecule is COCOc1cc(C)cc(F)c1-c1nnc(SC)n2cccc12. The molecule has 0 spiro atoms. The van der Waals surface area contributed by atoms with Gasteiger partial charge in [0, 0.05) is 13.3 Å². The van der Waals surface area contributed by atoms with E-state index < -0.39 is 5.82 Å². The number of methoxy groups -OCH3 is 1. The fourth-order valence-electron chi connectivity index (χ4n) is 2.43. The summed E-state index contributed by atoms with van der Waals surface area (Å²) in [7, 11) is 1.52. The minimum Gasteiger partial charge on any atom is -0.467 e. The smallest absolute Gasteiger partial charge is 0.194 e. The monoisotopic (exact) mass is 333 g/mol. The van der Waals surface area contributed by atoms with Crippen molar-refractivity contribution >= 4 is 17.3 Å². The van der Waals surface area contributed by atoms with Crippen LogP contribution in [0.15, 0.2) is 35.6 Å². The van der Waals surface area contributed by atoms with Crippen LogP contribution in [0.25, 0.3) is 16.8 Å². The van der Waals surface area contributed by atoms with Crippen molar-refractivity contribution in [2.45, 2.75) is 12.1 Å². The van der Waals surface area contributed by atoms with Gasteiger partial charge in [-0.05, 0) is 43.0 Å². The number of nitrogens with zero attached hydrogens (tertiary/aromatic N) is 3. The molecule has 0 N–H and O–H groups in total. The van der Waals surface area contributed by atoms with Crippen molar-refractivity contribution in [3.05, 3.63) is 41.8 Å². The molecule has 0 fully saturated rings. The number of hydrogen-bond acceptors (Lipinski definition) is 5. The number of rotatable bonds is 5. The van der Waals surface area contributed by atoms with Gasteiger partial charge in [-0.2, -0.15) is 0 Å². The highest BCUT2D eigenvalue weighted by Gasteiger charge is 2.19. The van der Waals surface area contributed by atoms with E-state index in [2.05, 4.69) is 10.2 Å². The third-order valence-corrected chi connectivity index (χ3v) is 4.03. The molecule has 0 amide bonds. The summed E-state index contributed by atoms with van der Waals surface area (Å²) in [5.74, 6) is -0.0101. The summed E-state index contributed by atoms with van der Waals surface area (Å²) in [6.07, 6.45) is 3.80. The average molecular weight is 333 g/mol. The Hall–Kier alpha value is -2.12. The Morgan fingerprint density at radius 2 is 2.13 bits per heavy atom. The van der Waals surface area contributed by atoms with Crippen LogP contribution in [0.4, 0.5) is 4.39 Å². The maximum atomic E-state index is 14.6. The van der Waals surface area contributed by atoms with Crippen molar-refractivity contribution in [2.24, 2.45) is 0 Å². The Bertz CT molecular complexity index is 851. The lowest BCUT2D eigenvalue weighted by atomic mass is 10.1. The summed E-state index contributed by atoms with van der Waals surface area (Å²) < 4.78 is 27.0. The van der Waals surface area contributed by atoms with E-state index in [1.165, 1.54) is 24.9 Å². The minimum absolute atomic E-state index is 0.0313. The number of aromatic nitrogens is 3. The number of fused-ring (bicyclic) bond motifs is 1. The fourth-order valence-corrected chi connectivity index (χ4v) is 2.90. The molecule has 120 valence electrons. The van der Waals surface area contributed by atoms with Gasteiger partial charge in [0.1, 0.15) is 17.3 Å². The molecular weight excluding hydrogens is 317 g/mol. The average Bonchev–Trinajstić information content (AvgIpc) is 3.02. The zero-order chi connectivity index (χ0) is 16.4. The van der Waals surface area contributed by atoms with E-state index in [0.717, 1.165) is 16.2 Å². The predicted octanol–water partition coefficient (Wildman–Crippen LogP) is 3.55. The van der Waals surface area contributed by atoms with Gasteiger partial charge < -0.3 is 9.47 Å². The van der Waals surface area contributed by atoms with E-state index in [0.29, 0.717) is 11.4 Å². The lowest BCUT2D eigenvalue weighted by Gasteiger charge is -2.14. The molecule has 0 aliphatic rings. The first kappa shape index (κ1) is 15.8. The molecule has 0 radical (unpaired) electrons. The summed E-state index contributed by atoms with van der Waals surface area (Å²) >= 11 is 1.48. The van der Waals surface area contributed by atoms with E-state index in [4.69, 9.17) is 9.47 Å². The molecule has 0 atom stereocenters. The van der Waals surface area contributed by atoms with Gasteiger partial charge in [0.05, 0.1) is 11.1 Å². The molecule has 0 unspecified atom stereocenters. The number of hydrogen-bond donors (Lipinski definition) is 0. The summed E-state index contributed by atoms with van der Waals surface area (Å²) in [5.41, 5.74) is 2.26. The molecule has 23 heavy (non-hydrogen) atoms. The van der Waals surface area contributed by atoms with Crippen molar-refractivity contribution < 1.29 is 13.9 Å². The number of ether oxygens (including phenoxy) is 2. The standard InChI is InChI=1S/C16H16FN3O2S/c1-10-7-11(17)14(13(8-10)22-9-21-2)15-12-5-4-6-20(12)16(23-3)19-18-15/h4-8H,9H2,1-3H3. The Kier molecular flexibility index (Phi) is 4.49. The quantitative estimate of drug-likeness (QED) is 0.528. The maximum Gasteiger partial charge on any atom is 0.194 e. The summed E-state index contributed by atoms with van der Waals surface area (Å²) in [5, 5.41) is 9.14. The minimum atomic E-state index is -0.398. The van der Waals surface area contributed by atoms with Crippen molar-refractivity contribution in [3.8, 4) is 17.0 Å². The van der Waals surface area contributed by atoms with Crippen LogP contribution in [0.1, 0.15) is 5.56 Å². The molecule has 0 aliphatic carbocycles. The van der Waals surface area contributed by atoms with Crippen LogP contribution >= 0.6 is 11.8 Å². The van der Waals surface area contributed by atoms with Gasteiger partial charge in [-0.15, -0.1) is 10.2 Å². The molecule has 5 nitrogen and oxygen atoms in total. The van der Waals surface area contributed by atoms with Crippen LogP contribution in [0, 0.1) is 12.7 Å². The van der Waals surface area contributed by atoms with E-state index >= 15 is 0 Å². The van der Waals surface area contributed by atoms with Crippen LogP contribution < -0.4 is 4.74 Å². The molecule has 0 saturated carbocycles. The second kappa shape index (κ2) is 6.55. The van der Waals surface area contributed by atoms with Crippen LogP contribution in [-0.2, 0) is 4.74 Å². The summed E-state index contributed by atoms with van der Waals surface area (Å²) in [4.78, 5) is 0. The normalized spacial score (nSPS) is 11.1. The first-order valence-corrected chi connectivity index (χ1v) is 8.18.